The van der Waals surface area contributed by atoms with Gasteiger partial charge in [0.1, 0.15) is 5.82 Å². The summed E-state index contributed by atoms with van der Waals surface area (Å²) in [5, 5.41) is 0.170. The summed E-state index contributed by atoms with van der Waals surface area (Å²) in [6.07, 6.45) is 0. The zero-order chi connectivity index (χ0) is 15.8. The highest BCUT2D eigenvalue weighted by Crippen LogP contribution is 2.29. The van der Waals surface area contributed by atoms with Crippen LogP contribution in [0.25, 0.3) is 34.1 Å². The molecule has 0 saturated heterocycles. The Labute approximate surface area is 135 Å². The third kappa shape index (κ3) is 2.55. The molecule has 0 saturated carbocycles. The summed E-state index contributed by atoms with van der Waals surface area (Å²) in [4.78, 5) is 12.9. The van der Waals surface area contributed by atoms with Crippen LogP contribution in [0.5, 0.6) is 0 Å². The van der Waals surface area contributed by atoms with E-state index < -0.39 is 0 Å². The van der Waals surface area contributed by atoms with Crippen LogP contribution in [0.2, 0.25) is 5.15 Å². The predicted molar refractivity (Wildman–Crippen MR) is 85.4 cm³/mol. The van der Waals surface area contributed by atoms with Crippen LogP contribution in [0.1, 0.15) is 0 Å². The molecule has 4 rings (SSSR count). The van der Waals surface area contributed by atoms with Gasteiger partial charge in [-0.3, -0.25) is 0 Å². The standard InChI is InChI=1S/C17H9ClFN3O/c18-14-13-16(22-17(23-13)11-4-2-1-3-5-11)21-15(20-14)10-6-8-12(19)9-7-10/h1-9H. The number of nitrogens with zero attached hydrogens (tertiary/aromatic N) is 3. The Morgan fingerprint density at radius 1 is 0.826 bits per heavy atom. The van der Waals surface area contributed by atoms with Gasteiger partial charge in [0, 0.05) is 11.1 Å². The van der Waals surface area contributed by atoms with Crippen LogP contribution in [0.3, 0.4) is 0 Å². The van der Waals surface area contributed by atoms with Gasteiger partial charge < -0.3 is 4.42 Å². The molecule has 2 aromatic carbocycles. The number of halogens is 2. The second kappa shape index (κ2) is 5.44. The van der Waals surface area contributed by atoms with Crippen molar-refractivity contribution in [3.05, 3.63) is 65.6 Å². The topological polar surface area (TPSA) is 51.8 Å². The number of aromatic nitrogens is 3. The van der Waals surface area contributed by atoms with Gasteiger partial charge >= 0.3 is 0 Å². The maximum absolute atomic E-state index is 13.0. The van der Waals surface area contributed by atoms with Crippen LogP contribution in [0, 0.1) is 5.82 Å². The zero-order valence-electron chi connectivity index (χ0n) is 11.7. The van der Waals surface area contributed by atoms with Crippen molar-refractivity contribution < 1.29 is 8.81 Å². The van der Waals surface area contributed by atoms with E-state index in [1.165, 1.54) is 12.1 Å². The van der Waals surface area contributed by atoms with Crippen molar-refractivity contribution in [3.8, 4) is 22.8 Å². The summed E-state index contributed by atoms with van der Waals surface area (Å²) < 4.78 is 18.7. The van der Waals surface area contributed by atoms with Gasteiger partial charge in [0.05, 0.1) is 0 Å². The number of hydrogen-bond acceptors (Lipinski definition) is 4. The van der Waals surface area contributed by atoms with Crippen LogP contribution in [0.4, 0.5) is 4.39 Å². The molecule has 0 atom stereocenters. The first-order valence-electron chi connectivity index (χ1n) is 6.86. The zero-order valence-corrected chi connectivity index (χ0v) is 12.5. The molecule has 112 valence electrons. The maximum Gasteiger partial charge on any atom is 0.229 e. The lowest BCUT2D eigenvalue weighted by Gasteiger charge is -2.00. The van der Waals surface area contributed by atoms with Crippen molar-refractivity contribution in [2.24, 2.45) is 0 Å². The van der Waals surface area contributed by atoms with E-state index in [1.54, 1.807) is 12.1 Å². The van der Waals surface area contributed by atoms with Crippen molar-refractivity contribution in [2.45, 2.75) is 0 Å². The SMILES string of the molecule is Fc1ccc(-c2nc(Cl)c3oc(-c4ccccc4)nc3n2)cc1. The number of rotatable bonds is 2. The highest BCUT2D eigenvalue weighted by Gasteiger charge is 2.15. The van der Waals surface area contributed by atoms with E-state index in [1.807, 2.05) is 30.3 Å². The normalized spacial score (nSPS) is 11.0. The van der Waals surface area contributed by atoms with E-state index in [0.29, 0.717) is 28.5 Å². The Balaban J connectivity index is 1.86. The van der Waals surface area contributed by atoms with E-state index in [9.17, 15) is 4.39 Å². The largest absolute Gasteiger partial charge is 0.431 e. The summed E-state index contributed by atoms with van der Waals surface area (Å²) in [6, 6.07) is 15.3. The lowest BCUT2D eigenvalue weighted by molar-refractivity contribution is 0.618. The van der Waals surface area contributed by atoms with Crippen LogP contribution in [-0.4, -0.2) is 15.0 Å². The molecule has 23 heavy (non-hydrogen) atoms. The van der Waals surface area contributed by atoms with E-state index in [2.05, 4.69) is 15.0 Å². The average molecular weight is 326 g/mol. The molecule has 0 aliphatic heterocycles. The fraction of sp³-hybridized carbons (Fsp3) is 0. The molecule has 2 heterocycles. The Bertz CT molecular complexity index is 984. The van der Waals surface area contributed by atoms with Gasteiger partial charge in [-0.15, -0.1) is 0 Å². The molecule has 4 nitrogen and oxygen atoms in total. The lowest BCUT2D eigenvalue weighted by atomic mass is 10.2. The van der Waals surface area contributed by atoms with Crippen molar-refractivity contribution in [2.75, 3.05) is 0 Å². The van der Waals surface area contributed by atoms with Crippen molar-refractivity contribution in [1.82, 2.24) is 15.0 Å². The average Bonchev–Trinajstić information content (AvgIpc) is 3.01. The minimum Gasteiger partial charge on any atom is -0.431 e. The molecular formula is C17H9ClFN3O. The Morgan fingerprint density at radius 2 is 1.57 bits per heavy atom. The summed E-state index contributed by atoms with van der Waals surface area (Å²) >= 11 is 6.19. The Kier molecular flexibility index (Phi) is 3.28. The number of hydrogen-bond donors (Lipinski definition) is 0. The molecule has 0 aliphatic rings. The van der Waals surface area contributed by atoms with Gasteiger partial charge in [-0.2, -0.15) is 4.98 Å². The molecule has 0 unspecified atom stereocenters. The smallest absolute Gasteiger partial charge is 0.229 e. The molecule has 6 heteroatoms. The van der Waals surface area contributed by atoms with Crippen molar-refractivity contribution in [3.63, 3.8) is 0 Å². The molecule has 0 bridgehead atoms. The molecule has 2 aromatic heterocycles. The first-order valence-corrected chi connectivity index (χ1v) is 7.24. The third-order valence-corrected chi connectivity index (χ3v) is 3.59. The summed E-state index contributed by atoms with van der Waals surface area (Å²) in [6.45, 7) is 0. The van der Waals surface area contributed by atoms with E-state index in [0.717, 1.165) is 5.56 Å². The summed E-state index contributed by atoms with van der Waals surface area (Å²) in [5.41, 5.74) is 2.17. The van der Waals surface area contributed by atoms with Crippen LogP contribution in [0.15, 0.2) is 59.0 Å². The molecule has 0 radical (unpaired) electrons. The minimum atomic E-state index is -0.325. The predicted octanol–water partition coefficient (Wildman–Crippen LogP) is 4.74. The molecule has 0 N–H and O–H groups in total. The van der Waals surface area contributed by atoms with Gasteiger partial charge in [-0.1, -0.05) is 29.8 Å². The van der Waals surface area contributed by atoms with Gasteiger partial charge in [-0.25, -0.2) is 14.4 Å². The van der Waals surface area contributed by atoms with Crippen LogP contribution < -0.4 is 0 Å². The maximum atomic E-state index is 13.0. The highest BCUT2D eigenvalue weighted by molar-refractivity contribution is 6.33. The monoisotopic (exact) mass is 325 g/mol. The van der Waals surface area contributed by atoms with E-state index in [4.69, 9.17) is 16.0 Å². The highest BCUT2D eigenvalue weighted by atomic mass is 35.5. The summed E-state index contributed by atoms with van der Waals surface area (Å²) in [7, 11) is 0. The quantitative estimate of drug-likeness (QED) is 0.499. The molecule has 0 aliphatic carbocycles. The fourth-order valence-electron chi connectivity index (χ4n) is 2.22. The minimum absolute atomic E-state index is 0.170. The Hall–Kier alpha value is -2.79. The lowest BCUT2D eigenvalue weighted by Crippen LogP contribution is -1.91. The van der Waals surface area contributed by atoms with Crippen molar-refractivity contribution >= 4 is 22.8 Å². The third-order valence-electron chi connectivity index (χ3n) is 3.34. The molecule has 0 amide bonds. The molecule has 0 fully saturated rings. The van der Waals surface area contributed by atoms with Crippen LogP contribution >= 0.6 is 11.6 Å². The first-order chi connectivity index (χ1) is 11.2. The van der Waals surface area contributed by atoms with E-state index in [-0.39, 0.29) is 11.0 Å². The van der Waals surface area contributed by atoms with Gasteiger partial charge in [0.25, 0.3) is 0 Å². The number of benzene rings is 2. The molecule has 4 aromatic rings. The molecule has 0 spiro atoms. The van der Waals surface area contributed by atoms with Gasteiger partial charge in [0.15, 0.2) is 11.0 Å². The second-order valence-electron chi connectivity index (χ2n) is 4.88. The van der Waals surface area contributed by atoms with Crippen LogP contribution in [-0.2, 0) is 0 Å². The van der Waals surface area contributed by atoms with Gasteiger partial charge in [-0.05, 0) is 36.4 Å². The second-order valence-corrected chi connectivity index (χ2v) is 5.24. The summed E-state index contributed by atoms with van der Waals surface area (Å²) in [5.74, 6) is 0.470. The Morgan fingerprint density at radius 3 is 2.30 bits per heavy atom. The van der Waals surface area contributed by atoms with Crippen molar-refractivity contribution in [1.29, 1.82) is 0 Å². The molecular weight excluding hydrogens is 317 g/mol. The van der Waals surface area contributed by atoms with Gasteiger partial charge in [0.2, 0.25) is 17.1 Å². The number of fused-ring (bicyclic) bond motifs is 1. The number of oxazole rings is 1. The van der Waals surface area contributed by atoms with E-state index >= 15 is 0 Å². The fourth-order valence-corrected chi connectivity index (χ4v) is 2.43. The first kappa shape index (κ1) is 13.8.